The number of aromatic nitrogens is 4. The molecule has 1 fully saturated rings. The second-order valence-electron chi connectivity index (χ2n) is 10.4. The maximum absolute atomic E-state index is 13.3. The summed E-state index contributed by atoms with van der Waals surface area (Å²) in [6, 6.07) is 26.9. The summed E-state index contributed by atoms with van der Waals surface area (Å²) in [7, 11) is 0. The number of piperidine rings is 1. The molecule has 1 N–H and O–H groups in total. The number of rotatable bonds is 5. The first kappa shape index (κ1) is 24.8. The van der Waals surface area contributed by atoms with Crippen LogP contribution in [0.3, 0.4) is 0 Å². The van der Waals surface area contributed by atoms with Gasteiger partial charge in [0.2, 0.25) is 0 Å². The van der Waals surface area contributed by atoms with Crippen molar-refractivity contribution in [3.63, 3.8) is 0 Å². The number of imidazole rings is 2. The van der Waals surface area contributed by atoms with Crippen LogP contribution in [-0.2, 0) is 0 Å². The lowest BCUT2D eigenvalue weighted by molar-refractivity contribution is 0.0698. The molecule has 5 heterocycles. The first-order chi connectivity index (χ1) is 20.1. The van der Waals surface area contributed by atoms with Crippen LogP contribution in [0.4, 0.5) is 0 Å². The number of pyridine rings is 2. The number of hydrogen-bond acceptors (Lipinski definition) is 4. The van der Waals surface area contributed by atoms with Crippen molar-refractivity contribution < 1.29 is 9.59 Å². The number of fused-ring (bicyclic) bond motifs is 2. The zero-order chi connectivity index (χ0) is 27.8. The highest BCUT2D eigenvalue weighted by Crippen LogP contribution is 2.23. The summed E-state index contributed by atoms with van der Waals surface area (Å²) in [4.78, 5) is 37.7. The molecule has 1 aliphatic rings. The lowest BCUT2D eigenvalue weighted by Gasteiger charge is -2.32. The van der Waals surface area contributed by atoms with Gasteiger partial charge < -0.3 is 19.0 Å². The Labute approximate surface area is 236 Å². The van der Waals surface area contributed by atoms with Gasteiger partial charge in [0.25, 0.3) is 11.8 Å². The van der Waals surface area contributed by atoms with Crippen molar-refractivity contribution in [2.24, 2.45) is 0 Å². The first-order valence-electron chi connectivity index (χ1n) is 13.8. The fraction of sp³-hybridized carbons (Fsp3) is 0.152. The van der Waals surface area contributed by atoms with Gasteiger partial charge in [-0.15, -0.1) is 0 Å². The summed E-state index contributed by atoms with van der Waals surface area (Å²) in [6.45, 7) is 1.17. The number of benzene rings is 2. The van der Waals surface area contributed by atoms with Crippen LogP contribution in [0.5, 0.6) is 0 Å². The van der Waals surface area contributed by atoms with Crippen molar-refractivity contribution >= 4 is 23.1 Å². The summed E-state index contributed by atoms with van der Waals surface area (Å²) >= 11 is 0. The normalized spacial score (nSPS) is 14.0. The molecule has 8 nitrogen and oxygen atoms in total. The van der Waals surface area contributed by atoms with Gasteiger partial charge in [0.05, 0.1) is 11.4 Å². The van der Waals surface area contributed by atoms with Gasteiger partial charge in [0.1, 0.15) is 11.3 Å². The smallest absolute Gasteiger partial charge is 0.253 e. The fourth-order valence-corrected chi connectivity index (χ4v) is 5.46. The second-order valence-corrected chi connectivity index (χ2v) is 10.4. The van der Waals surface area contributed by atoms with Crippen molar-refractivity contribution in [1.82, 2.24) is 29.0 Å². The molecule has 0 spiro atoms. The van der Waals surface area contributed by atoms with Gasteiger partial charge in [-0.05, 0) is 61.4 Å². The third-order valence-electron chi connectivity index (χ3n) is 7.67. The monoisotopic (exact) mass is 540 g/mol. The summed E-state index contributed by atoms with van der Waals surface area (Å²) in [5.74, 6) is -0.110. The molecule has 1 saturated heterocycles. The quantitative estimate of drug-likeness (QED) is 0.320. The summed E-state index contributed by atoms with van der Waals surface area (Å²) in [6.07, 6.45) is 9.26. The summed E-state index contributed by atoms with van der Waals surface area (Å²) < 4.78 is 3.94. The maximum Gasteiger partial charge on any atom is 0.253 e. The molecule has 41 heavy (non-hydrogen) atoms. The number of carbonyl (C=O) groups is 2. The van der Waals surface area contributed by atoms with E-state index in [1.807, 2.05) is 123 Å². The van der Waals surface area contributed by atoms with E-state index in [-0.39, 0.29) is 17.9 Å². The van der Waals surface area contributed by atoms with E-state index in [1.165, 1.54) is 0 Å². The van der Waals surface area contributed by atoms with Crippen molar-refractivity contribution in [1.29, 1.82) is 0 Å². The van der Waals surface area contributed by atoms with Crippen molar-refractivity contribution in [2.45, 2.75) is 18.9 Å². The first-order valence-corrected chi connectivity index (χ1v) is 13.8. The molecular formula is C33H28N6O2. The van der Waals surface area contributed by atoms with E-state index in [9.17, 15) is 9.59 Å². The van der Waals surface area contributed by atoms with E-state index in [4.69, 9.17) is 0 Å². The molecule has 0 radical (unpaired) electrons. The van der Waals surface area contributed by atoms with E-state index < -0.39 is 0 Å². The van der Waals surface area contributed by atoms with Crippen LogP contribution in [0.2, 0.25) is 0 Å². The van der Waals surface area contributed by atoms with Gasteiger partial charge >= 0.3 is 0 Å². The Balaban J connectivity index is 0.987. The Hall–Kier alpha value is -5.24. The molecule has 0 aliphatic carbocycles. The van der Waals surface area contributed by atoms with Crippen LogP contribution < -0.4 is 5.32 Å². The SMILES string of the molecule is O=C(NC1CCN(C(=O)c2cccc(-c3cn4ccccc4n3)c2)CC1)c1cccc(-c2cn3ccccc3n2)c1. The third-order valence-corrected chi connectivity index (χ3v) is 7.67. The highest BCUT2D eigenvalue weighted by atomic mass is 16.2. The molecule has 0 unspecified atom stereocenters. The lowest BCUT2D eigenvalue weighted by Crippen LogP contribution is -2.46. The minimum atomic E-state index is -0.111. The standard InChI is InChI=1S/C33H28N6O2/c40-32(25-9-5-7-23(19-25)28-21-38-15-3-1-11-30(38)35-28)34-27-13-17-37(18-14-27)33(41)26-10-6-8-24(20-26)29-22-39-16-4-2-12-31(39)36-29/h1-12,15-16,19-22,27H,13-14,17-18H2,(H,34,40). The van der Waals surface area contributed by atoms with Crippen LogP contribution in [0.1, 0.15) is 33.6 Å². The molecule has 2 aromatic carbocycles. The molecule has 0 bridgehead atoms. The Kier molecular flexibility index (Phi) is 6.28. The van der Waals surface area contributed by atoms with E-state index in [0.29, 0.717) is 37.1 Å². The number of nitrogens with zero attached hydrogens (tertiary/aromatic N) is 5. The van der Waals surface area contributed by atoms with Crippen LogP contribution in [-0.4, -0.2) is 54.6 Å². The molecule has 2 amide bonds. The average Bonchev–Trinajstić information content (AvgIpc) is 3.66. The largest absolute Gasteiger partial charge is 0.349 e. The maximum atomic E-state index is 13.3. The topological polar surface area (TPSA) is 84.0 Å². The molecule has 0 saturated carbocycles. The van der Waals surface area contributed by atoms with E-state index in [1.54, 1.807) is 0 Å². The van der Waals surface area contributed by atoms with E-state index in [2.05, 4.69) is 15.3 Å². The minimum absolute atomic E-state index is 0.000506. The number of amides is 2. The van der Waals surface area contributed by atoms with Gasteiger partial charge in [0, 0.05) is 66.2 Å². The van der Waals surface area contributed by atoms with Crippen molar-refractivity contribution in [3.05, 3.63) is 121 Å². The highest BCUT2D eigenvalue weighted by Gasteiger charge is 2.25. The second kappa shape index (κ2) is 10.4. The van der Waals surface area contributed by atoms with Crippen LogP contribution >= 0.6 is 0 Å². The predicted octanol–water partition coefficient (Wildman–Crippen LogP) is 5.35. The van der Waals surface area contributed by atoms with E-state index in [0.717, 1.165) is 33.8 Å². The number of carbonyl (C=O) groups excluding carboxylic acids is 2. The van der Waals surface area contributed by atoms with Crippen molar-refractivity contribution in [3.8, 4) is 22.5 Å². The van der Waals surface area contributed by atoms with Crippen molar-refractivity contribution in [2.75, 3.05) is 13.1 Å². The molecule has 1 aliphatic heterocycles. The summed E-state index contributed by atoms with van der Waals surface area (Å²) in [5, 5.41) is 3.17. The molecule has 202 valence electrons. The van der Waals surface area contributed by atoms with Gasteiger partial charge in [-0.25, -0.2) is 9.97 Å². The minimum Gasteiger partial charge on any atom is -0.349 e. The van der Waals surface area contributed by atoms with Gasteiger partial charge in [-0.1, -0.05) is 36.4 Å². The average molecular weight is 541 g/mol. The van der Waals surface area contributed by atoms with Crippen LogP contribution in [0, 0.1) is 0 Å². The Morgan fingerprint density at radius 1 is 0.683 bits per heavy atom. The van der Waals surface area contributed by atoms with Crippen LogP contribution in [0.25, 0.3) is 33.8 Å². The third kappa shape index (κ3) is 4.96. The zero-order valence-electron chi connectivity index (χ0n) is 22.4. The Morgan fingerprint density at radius 3 is 1.83 bits per heavy atom. The zero-order valence-corrected chi connectivity index (χ0v) is 22.4. The number of likely N-dealkylation sites (tertiary alicyclic amines) is 1. The van der Waals surface area contributed by atoms with E-state index >= 15 is 0 Å². The van der Waals surface area contributed by atoms with Gasteiger partial charge in [-0.3, -0.25) is 9.59 Å². The summed E-state index contributed by atoms with van der Waals surface area (Å²) in [5.41, 5.74) is 6.43. The molecular weight excluding hydrogens is 512 g/mol. The van der Waals surface area contributed by atoms with Crippen LogP contribution in [0.15, 0.2) is 110 Å². The van der Waals surface area contributed by atoms with Gasteiger partial charge in [0.15, 0.2) is 0 Å². The Morgan fingerprint density at radius 2 is 1.24 bits per heavy atom. The molecule has 8 heteroatoms. The number of nitrogens with one attached hydrogen (secondary N) is 1. The molecule has 7 rings (SSSR count). The molecule has 4 aromatic heterocycles. The fourth-order valence-electron chi connectivity index (χ4n) is 5.46. The predicted molar refractivity (Wildman–Crippen MR) is 158 cm³/mol. The Bertz CT molecular complexity index is 1830. The number of hydrogen-bond donors (Lipinski definition) is 1. The highest BCUT2D eigenvalue weighted by molar-refractivity contribution is 5.96. The lowest BCUT2D eigenvalue weighted by atomic mass is 10.0. The molecule has 0 atom stereocenters. The molecule has 6 aromatic rings. The van der Waals surface area contributed by atoms with Gasteiger partial charge in [-0.2, -0.15) is 0 Å².